The van der Waals surface area contributed by atoms with Crippen LogP contribution in [0.4, 0.5) is 0 Å². The van der Waals surface area contributed by atoms with Crippen LogP contribution in [0, 0.1) is 0 Å². The van der Waals surface area contributed by atoms with Crippen molar-refractivity contribution in [2.24, 2.45) is 7.05 Å². The lowest BCUT2D eigenvalue weighted by Crippen LogP contribution is -2.05. The first-order valence-electron chi connectivity index (χ1n) is 6.91. The molecule has 2 aromatic carbocycles. The number of fused-ring (bicyclic) bond motifs is 1. The van der Waals surface area contributed by atoms with Gasteiger partial charge in [-0.2, -0.15) is 5.10 Å². The molecule has 3 rings (SSSR count). The summed E-state index contributed by atoms with van der Waals surface area (Å²) in [5, 5.41) is 7.59. The second kappa shape index (κ2) is 6.20. The summed E-state index contributed by atoms with van der Waals surface area (Å²) in [5.74, 6) is 0.363. The number of aryl methyl sites for hydroxylation is 1. The van der Waals surface area contributed by atoms with E-state index in [-0.39, 0.29) is 0 Å². The molecule has 0 spiro atoms. The Hall–Kier alpha value is -1.32. The van der Waals surface area contributed by atoms with Gasteiger partial charge in [-0.15, -0.1) is 0 Å². The molecular formula is C17H16BrClN2. The average Bonchev–Trinajstić information content (AvgIpc) is 2.82. The van der Waals surface area contributed by atoms with Gasteiger partial charge in [-0.3, -0.25) is 4.68 Å². The van der Waals surface area contributed by atoms with E-state index in [1.807, 2.05) is 36.0 Å². The summed E-state index contributed by atoms with van der Waals surface area (Å²) in [5.41, 5.74) is 3.55. The molecule has 1 heterocycles. The third kappa shape index (κ3) is 2.99. The van der Waals surface area contributed by atoms with Gasteiger partial charge in [-0.05, 0) is 36.1 Å². The van der Waals surface area contributed by atoms with E-state index in [0.29, 0.717) is 5.92 Å². The minimum Gasteiger partial charge on any atom is -0.268 e. The van der Waals surface area contributed by atoms with Gasteiger partial charge in [0.15, 0.2) is 0 Å². The van der Waals surface area contributed by atoms with E-state index in [0.717, 1.165) is 22.5 Å². The average molecular weight is 364 g/mol. The summed E-state index contributed by atoms with van der Waals surface area (Å²) >= 11 is 9.74. The molecule has 0 aliphatic carbocycles. The van der Waals surface area contributed by atoms with E-state index in [9.17, 15) is 0 Å². The van der Waals surface area contributed by atoms with Crippen LogP contribution in [0.1, 0.15) is 17.2 Å². The van der Waals surface area contributed by atoms with Gasteiger partial charge in [-0.25, -0.2) is 0 Å². The zero-order valence-corrected chi connectivity index (χ0v) is 14.1. The molecule has 108 valence electrons. The van der Waals surface area contributed by atoms with Crippen molar-refractivity contribution in [1.82, 2.24) is 9.78 Å². The first-order chi connectivity index (χ1) is 10.2. The number of nitrogens with zero attached hydrogens (tertiary/aromatic N) is 2. The van der Waals surface area contributed by atoms with Crippen molar-refractivity contribution in [2.45, 2.75) is 12.3 Å². The molecule has 0 saturated carbocycles. The van der Waals surface area contributed by atoms with Gasteiger partial charge in [0, 0.05) is 22.8 Å². The zero-order valence-electron chi connectivity index (χ0n) is 11.8. The number of aromatic nitrogens is 2. The van der Waals surface area contributed by atoms with E-state index < -0.39 is 0 Å². The van der Waals surface area contributed by atoms with E-state index in [1.54, 1.807) is 0 Å². The minimum absolute atomic E-state index is 0.363. The molecule has 0 saturated heterocycles. The van der Waals surface area contributed by atoms with Crippen molar-refractivity contribution < 1.29 is 0 Å². The molecule has 0 aliphatic heterocycles. The van der Waals surface area contributed by atoms with E-state index >= 15 is 0 Å². The summed E-state index contributed by atoms with van der Waals surface area (Å²) in [4.78, 5) is 0. The summed E-state index contributed by atoms with van der Waals surface area (Å²) in [6, 6.07) is 16.4. The molecule has 3 aromatic rings. The van der Waals surface area contributed by atoms with Crippen LogP contribution in [-0.2, 0) is 13.5 Å². The van der Waals surface area contributed by atoms with Crippen LogP contribution in [0.2, 0.25) is 5.02 Å². The molecule has 0 aliphatic rings. The molecular weight excluding hydrogens is 348 g/mol. The van der Waals surface area contributed by atoms with E-state index in [1.165, 1.54) is 16.5 Å². The van der Waals surface area contributed by atoms with Crippen LogP contribution in [0.25, 0.3) is 10.9 Å². The van der Waals surface area contributed by atoms with Crippen LogP contribution in [0.15, 0.2) is 48.5 Å². The fourth-order valence-corrected chi connectivity index (χ4v) is 3.50. The van der Waals surface area contributed by atoms with Gasteiger partial charge < -0.3 is 0 Å². The maximum absolute atomic E-state index is 6.11. The normalized spacial score (nSPS) is 12.7. The Morgan fingerprint density at radius 2 is 2.00 bits per heavy atom. The summed E-state index contributed by atoms with van der Waals surface area (Å²) in [7, 11) is 1.99. The van der Waals surface area contributed by atoms with Gasteiger partial charge in [0.2, 0.25) is 0 Å². The smallest absolute Gasteiger partial charge is 0.0709 e. The van der Waals surface area contributed by atoms with Gasteiger partial charge in [-0.1, -0.05) is 57.9 Å². The lowest BCUT2D eigenvalue weighted by atomic mass is 9.95. The number of rotatable bonds is 4. The lowest BCUT2D eigenvalue weighted by molar-refractivity contribution is 0.712. The lowest BCUT2D eigenvalue weighted by Gasteiger charge is -2.13. The Morgan fingerprint density at radius 1 is 1.19 bits per heavy atom. The molecule has 21 heavy (non-hydrogen) atoms. The quantitative estimate of drug-likeness (QED) is 0.600. The minimum atomic E-state index is 0.363. The Labute approximate surface area is 137 Å². The fourth-order valence-electron chi connectivity index (χ4n) is 2.69. The SMILES string of the molecule is Cn1nc(CC(CBr)c2cccc(Cl)c2)c2ccccc21. The van der Waals surface area contributed by atoms with E-state index in [2.05, 4.69) is 45.3 Å². The maximum Gasteiger partial charge on any atom is 0.0709 e. The number of hydrogen-bond donors (Lipinski definition) is 0. The predicted molar refractivity (Wildman–Crippen MR) is 92.4 cm³/mol. The van der Waals surface area contributed by atoms with Gasteiger partial charge in [0.25, 0.3) is 0 Å². The number of alkyl halides is 1. The molecule has 2 nitrogen and oxygen atoms in total. The van der Waals surface area contributed by atoms with Crippen LogP contribution in [-0.4, -0.2) is 15.1 Å². The molecule has 0 fully saturated rings. The highest BCUT2D eigenvalue weighted by molar-refractivity contribution is 9.09. The van der Waals surface area contributed by atoms with Gasteiger partial charge in [0.05, 0.1) is 11.2 Å². The molecule has 0 N–H and O–H groups in total. The van der Waals surface area contributed by atoms with Crippen molar-refractivity contribution in [1.29, 1.82) is 0 Å². The molecule has 0 radical (unpaired) electrons. The van der Waals surface area contributed by atoms with Crippen LogP contribution >= 0.6 is 27.5 Å². The van der Waals surface area contributed by atoms with Crippen LogP contribution in [0.5, 0.6) is 0 Å². The highest BCUT2D eigenvalue weighted by Gasteiger charge is 2.16. The maximum atomic E-state index is 6.11. The Balaban J connectivity index is 1.96. The van der Waals surface area contributed by atoms with Crippen molar-refractivity contribution in [3.05, 3.63) is 64.8 Å². The zero-order chi connectivity index (χ0) is 14.8. The fraction of sp³-hybridized carbons (Fsp3) is 0.235. The predicted octanol–water partition coefficient (Wildman–Crippen LogP) is 4.95. The number of benzene rings is 2. The van der Waals surface area contributed by atoms with Gasteiger partial charge >= 0.3 is 0 Å². The Bertz CT molecular complexity index is 766. The van der Waals surface area contributed by atoms with Crippen LogP contribution in [0.3, 0.4) is 0 Å². The van der Waals surface area contributed by atoms with Crippen molar-refractivity contribution in [3.8, 4) is 0 Å². The first kappa shape index (κ1) is 14.6. The topological polar surface area (TPSA) is 17.8 Å². The molecule has 0 amide bonds. The number of hydrogen-bond acceptors (Lipinski definition) is 1. The van der Waals surface area contributed by atoms with Crippen molar-refractivity contribution >= 4 is 38.4 Å². The summed E-state index contributed by atoms with van der Waals surface area (Å²) in [6.45, 7) is 0. The molecule has 4 heteroatoms. The van der Waals surface area contributed by atoms with Crippen LogP contribution < -0.4 is 0 Å². The second-order valence-electron chi connectivity index (χ2n) is 5.20. The molecule has 1 atom stereocenters. The first-order valence-corrected chi connectivity index (χ1v) is 8.41. The van der Waals surface area contributed by atoms with Crippen molar-refractivity contribution in [3.63, 3.8) is 0 Å². The number of para-hydroxylation sites is 1. The third-order valence-corrected chi connectivity index (χ3v) is 4.80. The van der Waals surface area contributed by atoms with E-state index in [4.69, 9.17) is 11.6 Å². The largest absolute Gasteiger partial charge is 0.268 e. The Morgan fingerprint density at radius 3 is 2.76 bits per heavy atom. The monoisotopic (exact) mass is 362 g/mol. The number of halogens is 2. The highest BCUT2D eigenvalue weighted by Crippen LogP contribution is 2.28. The highest BCUT2D eigenvalue weighted by atomic mass is 79.9. The molecule has 1 unspecified atom stereocenters. The van der Waals surface area contributed by atoms with Crippen molar-refractivity contribution in [2.75, 3.05) is 5.33 Å². The Kier molecular flexibility index (Phi) is 4.32. The third-order valence-electron chi connectivity index (χ3n) is 3.78. The standard InChI is InChI=1S/C17H16BrClN2/c1-21-17-8-3-2-7-15(17)16(20-21)10-13(11-18)12-5-4-6-14(19)9-12/h2-9,13H,10-11H2,1H3. The molecule has 1 aromatic heterocycles. The molecule has 0 bridgehead atoms. The van der Waals surface area contributed by atoms with Gasteiger partial charge in [0.1, 0.15) is 0 Å². The summed E-state index contributed by atoms with van der Waals surface area (Å²) in [6.07, 6.45) is 0.896. The summed E-state index contributed by atoms with van der Waals surface area (Å²) < 4.78 is 1.95. The second-order valence-corrected chi connectivity index (χ2v) is 6.28.